The largest absolute Gasteiger partial charge is 0.489 e. The monoisotopic (exact) mass is 632 g/mol. The van der Waals surface area contributed by atoms with Gasteiger partial charge in [0.1, 0.15) is 18.2 Å². The van der Waals surface area contributed by atoms with Crippen LogP contribution >= 0.6 is 11.3 Å². The second-order valence-electron chi connectivity index (χ2n) is 11.2. The Morgan fingerprint density at radius 2 is 1.72 bits per heavy atom. The number of aromatic nitrogens is 1. The van der Waals surface area contributed by atoms with E-state index in [0.29, 0.717) is 32.3 Å². The first-order chi connectivity index (χ1) is 22.3. The molecule has 232 valence electrons. The van der Waals surface area contributed by atoms with E-state index in [0.717, 1.165) is 27.8 Å². The van der Waals surface area contributed by atoms with Crippen LogP contribution in [0.2, 0.25) is 0 Å². The van der Waals surface area contributed by atoms with E-state index in [-0.39, 0.29) is 24.6 Å². The molecule has 0 spiro atoms. The molecular weight excluding hydrogens is 599 g/mol. The normalized spacial score (nSPS) is 14.6. The molecular formula is C38H33FN2O4S. The Morgan fingerprint density at radius 3 is 2.41 bits per heavy atom. The maximum Gasteiger partial charge on any atom is 0.338 e. The SMILES string of the molecule is CCOC(=O)C1=C(c2ccccc2)N=c2s/c(=C\c3cccc(OCc4ccc(F)cc4)c3)c(=O)n2[C@@H]1c1ccc(C(C)C)cc1. The Balaban J connectivity index is 1.47. The van der Waals surface area contributed by atoms with Crippen LogP contribution in [-0.4, -0.2) is 17.1 Å². The minimum atomic E-state index is -0.737. The average Bonchev–Trinajstić information content (AvgIpc) is 3.38. The molecule has 1 atom stereocenters. The van der Waals surface area contributed by atoms with Crippen LogP contribution in [0.5, 0.6) is 5.75 Å². The lowest BCUT2D eigenvalue weighted by Gasteiger charge is -2.26. The number of carbonyl (C=O) groups is 1. The van der Waals surface area contributed by atoms with Crippen molar-refractivity contribution in [3.05, 3.63) is 162 Å². The van der Waals surface area contributed by atoms with Gasteiger partial charge in [-0.05, 0) is 65.4 Å². The number of nitrogens with zero attached hydrogens (tertiary/aromatic N) is 2. The fourth-order valence-electron chi connectivity index (χ4n) is 5.41. The number of thiazole rings is 1. The van der Waals surface area contributed by atoms with Crippen molar-refractivity contribution < 1.29 is 18.7 Å². The van der Waals surface area contributed by atoms with Crippen LogP contribution in [0.25, 0.3) is 11.8 Å². The van der Waals surface area contributed by atoms with E-state index in [1.54, 1.807) is 23.6 Å². The van der Waals surface area contributed by atoms with Crippen molar-refractivity contribution in [1.29, 1.82) is 0 Å². The van der Waals surface area contributed by atoms with Gasteiger partial charge in [-0.3, -0.25) is 9.36 Å². The molecule has 6 rings (SSSR count). The van der Waals surface area contributed by atoms with Gasteiger partial charge in [0.15, 0.2) is 4.80 Å². The number of hydrogen-bond donors (Lipinski definition) is 0. The molecule has 0 radical (unpaired) electrons. The maximum absolute atomic E-state index is 14.2. The molecule has 0 amide bonds. The molecule has 0 saturated carbocycles. The number of fused-ring (bicyclic) bond motifs is 1. The molecule has 46 heavy (non-hydrogen) atoms. The molecule has 0 N–H and O–H groups in total. The zero-order chi connectivity index (χ0) is 32.2. The second-order valence-corrected chi connectivity index (χ2v) is 12.2. The Hall–Kier alpha value is -5.08. The predicted octanol–water partition coefficient (Wildman–Crippen LogP) is 6.78. The van der Waals surface area contributed by atoms with Crippen molar-refractivity contribution in [3.8, 4) is 5.75 Å². The first-order valence-corrected chi connectivity index (χ1v) is 16.0. The lowest BCUT2D eigenvalue weighted by atomic mass is 9.91. The number of esters is 1. The van der Waals surface area contributed by atoms with E-state index in [9.17, 15) is 14.0 Å². The highest BCUT2D eigenvalue weighted by atomic mass is 32.1. The van der Waals surface area contributed by atoms with Gasteiger partial charge in [0.2, 0.25) is 0 Å². The Bertz CT molecular complexity index is 2080. The summed E-state index contributed by atoms with van der Waals surface area (Å²) >= 11 is 1.27. The van der Waals surface area contributed by atoms with E-state index < -0.39 is 12.0 Å². The molecule has 0 saturated heterocycles. The van der Waals surface area contributed by atoms with Crippen LogP contribution in [0.4, 0.5) is 4.39 Å². The predicted molar refractivity (Wildman–Crippen MR) is 179 cm³/mol. The van der Waals surface area contributed by atoms with Gasteiger partial charge in [-0.2, -0.15) is 0 Å². The fraction of sp³-hybridized carbons (Fsp3) is 0.184. The molecule has 5 aromatic rings. The Labute approximate surface area is 270 Å². The molecule has 2 heterocycles. The molecule has 1 aromatic heterocycles. The highest BCUT2D eigenvalue weighted by Crippen LogP contribution is 2.35. The van der Waals surface area contributed by atoms with Gasteiger partial charge in [-0.25, -0.2) is 14.2 Å². The van der Waals surface area contributed by atoms with Crippen LogP contribution in [0.3, 0.4) is 0 Å². The summed E-state index contributed by atoms with van der Waals surface area (Å²) in [5.74, 6) is 0.131. The topological polar surface area (TPSA) is 69.9 Å². The third kappa shape index (κ3) is 6.48. The van der Waals surface area contributed by atoms with Gasteiger partial charge in [0, 0.05) is 5.56 Å². The van der Waals surface area contributed by atoms with Gasteiger partial charge < -0.3 is 9.47 Å². The van der Waals surface area contributed by atoms with Crippen molar-refractivity contribution >= 4 is 29.1 Å². The number of rotatable bonds is 9. The van der Waals surface area contributed by atoms with E-state index in [2.05, 4.69) is 13.8 Å². The summed E-state index contributed by atoms with van der Waals surface area (Å²) in [6.07, 6.45) is 1.81. The number of halogens is 1. The minimum absolute atomic E-state index is 0.188. The number of ether oxygens (including phenoxy) is 2. The van der Waals surface area contributed by atoms with Gasteiger partial charge in [0.05, 0.1) is 28.5 Å². The van der Waals surface area contributed by atoms with Gasteiger partial charge in [-0.1, -0.05) is 104 Å². The third-order valence-electron chi connectivity index (χ3n) is 7.77. The molecule has 8 heteroatoms. The maximum atomic E-state index is 14.2. The fourth-order valence-corrected chi connectivity index (χ4v) is 6.41. The molecule has 0 unspecified atom stereocenters. The number of hydrogen-bond acceptors (Lipinski definition) is 6. The summed E-state index contributed by atoms with van der Waals surface area (Å²) < 4.78 is 26.9. The molecule has 1 aliphatic heterocycles. The van der Waals surface area contributed by atoms with Gasteiger partial charge in [0.25, 0.3) is 5.56 Å². The van der Waals surface area contributed by atoms with Crippen molar-refractivity contribution in [2.45, 2.75) is 39.3 Å². The number of carbonyl (C=O) groups excluding carboxylic acids is 1. The first kappa shape index (κ1) is 30.9. The summed E-state index contributed by atoms with van der Waals surface area (Å²) in [6, 6.07) is 30.4. The minimum Gasteiger partial charge on any atom is -0.489 e. The van der Waals surface area contributed by atoms with Gasteiger partial charge in [-0.15, -0.1) is 0 Å². The van der Waals surface area contributed by atoms with Crippen molar-refractivity contribution in [2.24, 2.45) is 4.99 Å². The zero-order valence-corrected chi connectivity index (χ0v) is 26.6. The van der Waals surface area contributed by atoms with E-state index in [4.69, 9.17) is 14.5 Å². The number of benzene rings is 4. The van der Waals surface area contributed by atoms with Crippen LogP contribution in [-0.2, 0) is 16.1 Å². The van der Waals surface area contributed by atoms with Crippen molar-refractivity contribution in [3.63, 3.8) is 0 Å². The van der Waals surface area contributed by atoms with E-state index in [1.807, 2.05) is 84.9 Å². The van der Waals surface area contributed by atoms with Crippen LogP contribution in [0.15, 0.2) is 118 Å². The molecule has 4 aromatic carbocycles. The van der Waals surface area contributed by atoms with Crippen LogP contribution in [0.1, 0.15) is 60.5 Å². The van der Waals surface area contributed by atoms with Gasteiger partial charge >= 0.3 is 5.97 Å². The highest BCUT2D eigenvalue weighted by Gasteiger charge is 2.35. The van der Waals surface area contributed by atoms with Crippen molar-refractivity contribution in [2.75, 3.05) is 6.61 Å². The third-order valence-corrected chi connectivity index (χ3v) is 8.75. The molecule has 1 aliphatic rings. The summed E-state index contributed by atoms with van der Waals surface area (Å²) in [5, 5.41) is 0. The molecule has 0 bridgehead atoms. The smallest absolute Gasteiger partial charge is 0.338 e. The summed E-state index contributed by atoms with van der Waals surface area (Å²) in [7, 11) is 0. The lowest BCUT2D eigenvalue weighted by molar-refractivity contribution is -0.138. The first-order valence-electron chi connectivity index (χ1n) is 15.2. The van der Waals surface area contributed by atoms with E-state index >= 15 is 0 Å². The standard InChI is InChI=1S/C38H33FN2O4S/c1-4-44-37(43)33-34(28-10-6-5-7-11-28)40-38-41(35(33)29-17-15-27(16-18-29)24(2)3)36(42)32(46-38)22-26-9-8-12-31(21-26)45-23-25-13-19-30(39)20-14-25/h5-22,24,35H,4,23H2,1-3H3/b32-22-/t35-/m1/s1. The zero-order valence-electron chi connectivity index (χ0n) is 25.8. The lowest BCUT2D eigenvalue weighted by Crippen LogP contribution is -2.40. The molecule has 6 nitrogen and oxygen atoms in total. The van der Waals surface area contributed by atoms with Crippen LogP contribution in [0, 0.1) is 5.82 Å². The Morgan fingerprint density at radius 1 is 0.978 bits per heavy atom. The summed E-state index contributed by atoms with van der Waals surface area (Å²) in [4.78, 5) is 33.3. The van der Waals surface area contributed by atoms with Crippen LogP contribution < -0.4 is 19.6 Å². The quantitative estimate of drug-likeness (QED) is 0.168. The molecule has 0 aliphatic carbocycles. The second kappa shape index (κ2) is 13.5. The van der Waals surface area contributed by atoms with E-state index in [1.165, 1.54) is 23.5 Å². The summed E-state index contributed by atoms with van der Waals surface area (Å²) in [5.41, 5.74) is 4.87. The molecule has 0 fully saturated rings. The average molecular weight is 633 g/mol. The van der Waals surface area contributed by atoms with Crippen molar-refractivity contribution in [1.82, 2.24) is 4.57 Å². The summed E-state index contributed by atoms with van der Waals surface area (Å²) in [6.45, 7) is 6.48. The highest BCUT2D eigenvalue weighted by molar-refractivity contribution is 7.07. The Kier molecular flexibility index (Phi) is 9.08.